The maximum atomic E-state index is 12.6. The molecule has 5 nitrogen and oxygen atoms in total. The van der Waals surface area contributed by atoms with Gasteiger partial charge in [-0.2, -0.15) is 0 Å². The van der Waals surface area contributed by atoms with Gasteiger partial charge in [-0.1, -0.05) is 54.6 Å². The van der Waals surface area contributed by atoms with Gasteiger partial charge in [-0.15, -0.1) is 0 Å². The number of carbonyl (C=O) groups is 2. The highest BCUT2D eigenvalue weighted by Crippen LogP contribution is 2.19. The molecule has 0 atom stereocenters. The molecule has 2 aliphatic rings. The molecule has 0 bridgehead atoms. The van der Waals surface area contributed by atoms with Crippen LogP contribution in [0.5, 0.6) is 0 Å². The normalized spacial score (nSPS) is 17.7. The van der Waals surface area contributed by atoms with Gasteiger partial charge < -0.3 is 10.2 Å². The Bertz CT molecular complexity index is 910. The maximum Gasteiger partial charge on any atom is 0.246 e. The molecule has 2 fully saturated rings. The van der Waals surface area contributed by atoms with Crippen molar-refractivity contribution >= 4 is 17.9 Å². The lowest BCUT2D eigenvalue weighted by atomic mass is 9.95. The van der Waals surface area contributed by atoms with E-state index in [-0.39, 0.29) is 17.7 Å². The predicted octanol–water partition coefficient (Wildman–Crippen LogP) is 3.85. The summed E-state index contributed by atoms with van der Waals surface area (Å²) >= 11 is 0. The third kappa shape index (κ3) is 6.30. The topological polar surface area (TPSA) is 52.7 Å². The largest absolute Gasteiger partial charge is 0.352 e. The SMILES string of the molecule is O=C(NCc1ccc(CN2CCCC2)cc1)C1CCN(C(=O)C=Cc2ccccc2)CC1. The third-order valence-corrected chi connectivity index (χ3v) is 6.49. The Hall–Kier alpha value is -2.92. The van der Waals surface area contributed by atoms with Crippen molar-refractivity contribution in [1.29, 1.82) is 0 Å². The van der Waals surface area contributed by atoms with Crippen LogP contribution in [0.1, 0.15) is 42.4 Å². The van der Waals surface area contributed by atoms with Gasteiger partial charge in [0, 0.05) is 38.2 Å². The molecule has 0 aromatic heterocycles. The van der Waals surface area contributed by atoms with E-state index in [0.717, 1.165) is 17.7 Å². The zero-order valence-electron chi connectivity index (χ0n) is 18.7. The molecule has 2 aliphatic heterocycles. The van der Waals surface area contributed by atoms with Crippen LogP contribution in [0.2, 0.25) is 0 Å². The molecule has 0 unspecified atom stereocenters. The lowest BCUT2D eigenvalue weighted by Gasteiger charge is -2.30. The summed E-state index contributed by atoms with van der Waals surface area (Å²) in [4.78, 5) is 29.4. The fraction of sp³-hybridized carbons (Fsp3) is 0.407. The molecule has 2 aromatic rings. The summed E-state index contributed by atoms with van der Waals surface area (Å²) in [6.45, 7) is 5.23. The third-order valence-electron chi connectivity index (χ3n) is 6.49. The summed E-state index contributed by atoms with van der Waals surface area (Å²) in [6, 6.07) is 18.4. The maximum absolute atomic E-state index is 12.6. The minimum atomic E-state index is -0.0217. The number of amides is 2. The predicted molar refractivity (Wildman–Crippen MR) is 128 cm³/mol. The molecule has 2 heterocycles. The Morgan fingerprint density at radius 3 is 2.22 bits per heavy atom. The van der Waals surface area contributed by atoms with Crippen molar-refractivity contribution in [3.8, 4) is 0 Å². The summed E-state index contributed by atoms with van der Waals surface area (Å²) in [5, 5.41) is 3.09. The second kappa shape index (κ2) is 11.1. The molecule has 2 aromatic carbocycles. The van der Waals surface area contributed by atoms with Gasteiger partial charge in [0.15, 0.2) is 0 Å². The highest BCUT2D eigenvalue weighted by molar-refractivity contribution is 5.92. The Morgan fingerprint density at radius 2 is 1.53 bits per heavy atom. The Kier molecular flexibility index (Phi) is 7.73. The fourth-order valence-corrected chi connectivity index (χ4v) is 4.49. The summed E-state index contributed by atoms with van der Waals surface area (Å²) in [7, 11) is 0. The summed E-state index contributed by atoms with van der Waals surface area (Å²) in [5.74, 6) is 0.0893. The van der Waals surface area contributed by atoms with E-state index < -0.39 is 0 Å². The van der Waals surface area contributed by atoms with Crippen molar-refractivity contribution in [3.05, 3.63) is 77.4 Å². The first-order valence-electron chi connectivity index (χ1n) is 11.8. The number of nitrogens with one attached hydrogen (secondary N) is 1. The zero-order chi connectivity index (χ0) is 22.2. The minimum Gasteiger partial charge on any atom is -0.352 e. The van der Waals surface area contributed by atoms with E-state index in [2.05, 4.69) is 34.5 Å². The molecule has 0 saturated carbocycles. The van der Waals surface area contributed by atoms with E-state index in [9.17, 15) is 9.59 Å². The summed E-state index contributed by atoms with van der Waals surface area (Å²) in [6.07, 6.45) is 7.51. The van der Waals surface area contributed by atoms with Crippen molar-refractivity contribution in [2.75, 3.05) is 26.2 Å². The number of benzene rings is 2. The van der Waals surface area contributed by atoms with Gasteiger partial charge in [0.05, 0.1) is 0 Å². The minimum absolute atomic E-state index is 0.0155. The molecule has 2 amide bonds. The van der Waals surface area contributed by atoms with Crippen LogP contribution in [0.15, 0.2) is 60.7 Å². The number of piperidine rings is 1. The van der Waals surface area contributed by atoms with Crippen molar-refractivity contribution < 1.29 is 9.59 Å². The van der Waals surface area contributed by atoms with Gasteiger partial charge in [0.2, 0.25) is 11.8 Å². The molecular weight excluding hydrogens is 398 g/mol. The van der Waals surface area contributed by atoms with Crippen molar-refractivity contribution in [3.63, 3.8) is 0 Å². The molecule has 0 spiro atoms. The zero-order valence-corrected chi connectivity index (χ0v) is 18.7. The van der Waals surface area contributed by atoms with Crippen LogP contribution in [-0.2, 0) is 22.7 Å². The number of carbonyl (C=O) groups excluding carboxylic acids is 2. The van der Waals surface area contributed by atoms with Crippen molar-refractivity contribution in [1.82, 2.24) is 15.1 Å². The van der Waals surface area contributed by atoms with Crippen molar-refractivity contribution in [2.24, 2.45) is 5.92 Å². The van der Waals surface area contributed by atoms with Gasteiger partial charge in [-0.3, -0.25) is 14.5 Å². The lowest BCUT2D eigenvalue weighted by Crippen LogP contribution is -2.42. The van der Waals surface area contributed by atoms with Crippen molar-refractivity contribution in [2.45, 2.75) is 38.8 Å². The Balaban J connectivity index is 1.18. The van der Waals surface area contributed by atoms with Crippen LogP contribution < -0.4 is 5.32 Å². The lowest BCUT2D eigenvalue weighted by molar-refractivity contribution is -0.132. The first kappa shape index (κ1) is 22.3. The van der Waals surface area contributed by atoms with Gasteiger partial charge in [-0.25, -0.2) is 0 Å². The number of nitrogens with zero attached hydrogens (tertiary/aromatic N) is 2. The van der Waals surface area contributed by atoms with Crippen LogP contribution in [0, 0.1) is 5.92 Å². The number of likely N-dealkylation sites (tertiary alicyclic amines) is 2. The summed E-state index contributed by atoms with van der Waals surface area (Å²) < 4.78 is 0. The number of rotatable bonds is 7. The van der Waals surface area contributed by atoms with E-state index in [1.54, 1.807) is 6.08 Å². The van der Waals surface area contributed by atoms with Gasteiger partial charge >= 0.3 is 0 Å². The van der Waals surface area contributed by atoms with Crippen LogP contribution >= 0.6 is 0 Å². The molecular formula is C27H33N3O2. The molecule has 32 heavy (non-hydrogen) atoms. The van der Waals surface area contributed by atoms with E-state index in [1.165, 1.54) is 31.5 Å². The summed E-state index contributed by atoms with van der Waals surface area (Å²) in [5.41, 5.74) is 3.47. The van der Waals surface area contributed by atoms with E-state index in [1.807, 2.05) is 41.3 Å². The molecule has 0 radical (unpaired) electrons. The second-order valence-electron chi connectivity index (χ2n) is 8.86. The number of hydrogen-bond donors (Lipinski definition) is 1. The van der Waals surface area contributed by atoms with Gasteiger partial charge in [0.1, 0.15) is 0 Å². The highest BCUT2D eigenvalue weighted by atomic mass is 16.2. The average molecular weight is 432 g/mol. The highest BCUT2D eigenvalue weighted by Gasteiger charge is 2.26. The average Bonchev–Trinajstić information content (AvgIpc) is 3.36. The first-order chi connectivity index (χ1) is 15.7. The molecule has 168 valence electrons. The van der Waals surface area contributed by atoms with E-state index >= 15 is 0 Å². The Labute approximate surface area is 191 Å². The van der Waals surface area contributed by atoms with Crippen LogP contribution in [0.4, 0.5) is 0 Å². The Morgan fingerprint density at radius 1 is 0.875 bits per heavy atom. The number of hydrogen-bond acceptors (Lipinski definition) is 3. The quantitative estimate of drug-likeness (QED) is 0.678. The van der Waals surface area contributed by atoms with E-state index in [0.29, 0.717) is 32.5 Å². The molecule has 2 saturated heterocycles. The smallest absolute Gasteiger partial charge is 0.246 e. The van der Waals surface area contributed by atoms with Gasteiger partial charge in [0.25, 0.3) is 0 Å². The van der Waals surface area contributed by atoms with E-state index in [4.69, 9.17) is 0 Å². The van der Waals surface area contributed by atoms with Gasteiger partial charge in [-0.05, 0) is 61.5 Å². The van der Waals surface area contributed by atoms with Crippen LogP contribution in [0.3, 0.4) is 0 Å². The fourth-order valence-electron chi connectivity index (χ4n) is 4.49. The molecule has 4 rings (SSSR count). The standard InChI is InChI=1S/C27H33N3O2/c31-26(13-12-22-6-2-1-3-7-22)30-18-14-25(15-19-30)27(32)28-20-23-8-10-24(11-9-23)21-29-16-4-5-17-29/h1-3,6-13,25H,4-5,14-21H2,(H,28,32). The molecule has 5 heteroatoms. The molecule has 0 aliphatic carbocycles. The van der Waals surface area contributed by atoms with Crippen LogP contribution in [-0.4, -0.2) is 47.8 Å². The second-order valence-corrected chi connectivity index (χ2v) is 8.86. The van der Waals surface area contributed by atoms with Crippen LogP contribution in [0.25, 0.3) is 6.08 Å². The monoisotopic (exact) mass is 431 g/mol. The first-order valence-corrected chi connectivity index (χ1v) is 11.8. The molecule has 1 N–H and O–H groups in total.